The Morgan fingerprint density at radius 3 is 1.86 bits per heavy atom. The molecule has 0 radical (unpaired) electrons. The van der Waals surface area contributed by atoms with Crippen LogP contribution in [0.3, 0.4) is 0 Å². The summed E-state index contributed by atoms with van der Waals surface area (Å²) in [7, 11) is 8.89. The van der Waals surface area contributed by atoms with Crippen LogP contribution in [0, 0.1) is 0 Å². The fraction of sp³-hybridized carbons (Fsp3) is 1.00. The molecule has 0 aliphatic rings. The summed E-state index contributed by atoms with van der Waals surface area (Å²) in [5, 5.41) is 0. The summed E-state index contributed by atoms with van der Waals surface area (Å²) in [4.78, 5) is 0. The smallest absolute Gasteiger partial charge is 0.320 e. The summed E-state index contributed by atoms with van der Waals surface area (Å²) in [6, 6.07) is 1.13. The molecule has 0 aliphatic heterocycles. The van der Waals surface area contributed by atoms with E-state index in [0.29, 0.717) is 0 Å². The molecule has 0 amide bonds. The van der Waals surface area contributed by atoms with Gasteiger partial charge in [-0.3, -0.25) is 0 Å². The Labute approximate surface area is 107 Å². The Kier molecular flexibility index (Phi) is 11.2. The van der Waals surface area contributed by atoms with E-state index in [9.17, 15) is 0 Å². The number of hydrogen-bond acceptors (Lipinski definition) is 2. The van der Waals surface area contributed by atoms with Crippen LogP contribution < -0.4 is 24.0 Å². The number of nitrogens with zero attached hydrogens (tertiary/aromatic N) is 1. The topological polar surface area (TPSA) is 18.5 Å². The van der Waals surface area contributed by atoms with E-state index in [2.05, 4.69) is 21.1 Å². The first-order valence-corrected chi connectivity index (χ1v) is 6.61. The minimum absolute atomic E-state index is 0. The molecule has 0 N–H and O–H groups in total. The van der Waals surface area contributed by atoms with Crippen LogP contribution in [-0.2, 0) is 8.85 Å². The summed E-state index contributed by atoms with van der Waals surface area (Å²) in [5.41, 5.74) is 0. The molecule has 0 fully saturated rings. The first-order valence-electron chi connectivity index (χ1n) is 4.85. The lowest BCUT2D eigenvalue weighted by Crippen LogP contribution is -3.00. The molecule has 0 aromatic heterocycles. The number of quaternary nitrogens is 1. The van der Waals surface area contributed by atoms with Crippen molar-refractivity contribution in [2.24, 2.45) is 0 Å². The van der Waals surface area contributed by atoms with Crippen LogP contribution in [0.2, 0.25) is 6.04 Å². The molecule has 0 aliphatic carbocycles. The Balaban J connectivity index is 0. The Morgan fingerprint density at radius 1 is 1.00 bits per heavy atom. The summed E-state index contributed by atoms with van der Waals surface area (Å²) in [6.07, 6.45) is 2.49. The zero-order valence-corrected chi connectivity index (χ0v) is 13.4. The molecule has 0 unspecified atom stereocenters. The van der Waals surface area contributed by atoms with E-state index in [1.807, 2.05) is 0 Å². The predicted octanol–water partition coefficient (Wildman–Crippen LogP) is -2.01. The van der Waals surface area contributed by atoms with Gasteiger partial charge in [0.25, 0.3) is 0 Å². The molecular weight excluding hydrogens is 309 g/mol. The monoisotopic (exact) mass is 333 g/mol. The largest absolute Gasteiger partial charge is 1.00 e. The van der Waals surface area contributed by atoms with Crippen LogP contribution in [0.5, 0.6) is 0 Å². The Morgan fingerprint density at radius 2 is 1.50 bits per heavy atom. The molecule has 5 heteroatoms. The van der Waals surface area contributed by atoms with Gasteiger partial charge < -0.3 is 37.3 Å². The molecule has 0 bridgehead atoms. The highest BCUT2D eigenvalue weighted by atomic mass is 127. The standard InChI is InChI=1S/C9H24NO2Si.HI/c1-10(2,3)8-6-7-9-13(11-4)12-5;/h13H,6-9H2,1-5H3;1H/q+1;/p-1. The lowest BCUT2D eigenvalue weighted by Gasteiger charge is -2.23. The van der Waals surface area contributed by atoms with Gasteiger partial charge in [-0.1, -0.05) is 0 Å². The van der Waals surface area contributed by atoms with E-state index in [4.69, 9.17) is 8.85 Å². The van der Waals surface area contributed by atoms with Crippen LogP contribution in [0.4, 0.5) is 0 Å². The van der Waals surface area contributed by atoms with Gasteiger partial charge in [-0.2, -0.15) is 0 Å². The minimum Gasteiger partial charge on any atom is -1.00 e. The van der Waals surface area contributed by atoms with Gasteiger partial charge in [0, 0.05) is 14.2 Å². The molecule has 88 valence electrons. The van der Waals surface area contributed by atoms with Crippen LogP contribution in [0.15, 0.2) is 0 Å². The number of halogens is 1. The maximum absolute atomic E-state index is 5.24. The molecule has 3 nitrogen and oxygen atoms in total. The second-order valence-corrected chi connectivity index (χ2v) is 6.79. The first-order chi connectivity index (χ1) is 5.99. The molecule has 14 heavy (non-hydrogen) atoms. The van der Waals surface area contributed by atoms with Crippen molar-refractivity contribution >= 4 is 9.28 Å². The fourth-order valence-corrected chi connectivity index (χ4v) is 2.51. The van der Waals surface area contributed by atoms with Crippen molar-refractivity contribution in [3.8, 4) is 0 Å². The maximum atomic E-state index is 5.24. The van der Waals surface area contributed by atoms with Crippen LogP contribution in [-0.4, -0.2) is 55.7 Å². The molecule has 0 aromatic carbocycles. The zero-order chi connectivity index (χ0) is 10.3. The highest BCUT2D eigenvalue weighted by Crippen LogP contribution is 2.05. The van der Waals surface area contributed by atoms with E-state index < -0.39 is 9.28 Å². The predicted molar refractivity (Wildman–Crippen MR) is 58.1 cm³/mol. The third kappa shape index (κ3) is 10.9. The number of unbranched alkanes of at least 4 members (excludes halogenated alkanes) is 1. The molecular formula is C9H24INO2Si. The highest BCUT2D eigenvalue weighted by molar-refractivity contribution is 6.44. The summed E-state index contributed by atoms with van der Waals surface area (Å²) in [6.45, 7) is 1.23. The molecule has 0 saturated heterocycles. The average Bonchev–Trinajstić information content (AvgIpc) is 2.03. The van der Waals surface area contributed by atoms with Crippen molar-refractivity contribution in [3.63, 3.8) is 0 Å². The van der Waals surface area contributed by atoms with Gasteiger partial charge in [-0.05, 0) is 18.9 Å². The summed E-state index contributed by atoms with van der Waals surface area (Å²) in [5.74, 6) is 0. The molecule has 0 atom stereocenters. The number of rotatable bonds is 7. The first kappa shape index (κ1) is 17.2. The highest BCUT2D eigenvalue weighted by Gasteiger charge is 2.10. The van der Waals surface area contributed by atoms with E-state index >= 15 is 0 Å². The second-order valence-electron chi connectivity index (χ2n) is 4.41. The van der Waals surface area contributed by atoms with Crippen molar-refractivity contribution in [1.29, 1.82) is 0 Å². The third-order valence-corrected chi connectivity index (χ3v) is 3.98. The molecule has 0 aromatic rings. The lowest BCUT2D eigenvalue weighted by molar-refractivity contribution is -0.870. The van der Waals surface area contributed by atoms with Gasteiger partial charge in [0.1, 0.15) is 0 Å². The number of hydrogen-bond donors (Lipinski definition) is 0. The maximum Gasteiger partial charge on any atom is 0.320 e. The van der Waals surface area contributed by atoms with Gasteiger partial charge in [-0.15, -0.1) is 0 Å². The van der Waals surface area contributed by atoms with E-state index in [1.165, 1.54) is 19.4 Å². The minimum atomic E-state index is -1.28. The SMILES string of the molecule is CO[SiH](CCCC[N+](C)(C)C)OC.[I-]. The van der Waals surface area contributed by atoms with Gasteiger partial charge in [0.2, 0.25) is 0 Å². The van der Waals surface area contributed by atoms with Crippen molar-refractivity contribution in [2.45, 2.75) is 18.9 Å². The summed E-state index contributed by atoms with van der Waals surface area (Å²) >= 11 is 0. The van der Waals surface area contributed by atoms with E-state index in [1.54, 1.807) is 14.2 Å². The Bertz CT molecular complexity index is 126. The van der Waals surface area contributed by atoms with Crippen molar-refractivity contribution < 1.29 is 37.3 Å². The fourth-order valence-electron chi connectivity index (χ4n) is 1.23. The van der Waals surface area contributed by atoms with Gasteiger partial charge in [0.05, 0.1) is 27.7 Å². The van der Waals surface area contributed by atoms with Crippen molar-refractivity contribution in [3.05, 3.63) is 0 Å². The average molecular weight is 333 g/mol. The summed E-state index contributed by atoms with van der Waals surface area (Å²) < 4.78 is 11.5. The van der Waals surface area contributed by atoms with Crippen molar-refractivity contribution in [1.82, 2.24) is 0 Å². The van der Waals surface area contributed by atoms with Gasteiger partial charge in [0.15, 0.2) is 0 Å². The van der Waals surface area contributed by atoms with E-state index in [-0.39, 0.29) is 24.0 Å². The molecule has 0 heterocycles. The normalized spacial score (nSPS) is 11.6. The molecule has 0 rings (SSSR count). The van der Waals surface area contributed by atoms with Crippen molar-refractivity contribution in [2.75, 3.05) is 41.9 Å². The molecule has 0 saturated carbocycles. The van der Waals surface area contributed by atoms with Gasteiger partial charge in [-0.25, -0.2) is 0 Å². The quantitative estimate of drug-likeness (QED) is 0.232. The van der Waals surface area contributed by atoms with Crippen LogP contribution in [0.25, 0.3) is 0 Å². The zero-order valence-electron chi connectivity index (χ0n) is 10.0. The van der Waals surface area contributed by atoms with Crippen LogP contribution >= 0.6 is 0 Å². The third-order valence-electron chi connectivity index (χ3n) is 2.04. The lowest BCUT2D eigenvalue weighted by atomic mass is 10.3. The van der Waals surface area contributed by atoms with E-state index in [0.717, 1.165) is 10.5 Å². The van der Waals surface area contributed by atoms with Gasteiger partial charge >= 0.3 is 9.28 Å². The Hall–Kier alpha value is 0.827. The van der Waals surface area contributed by atoms with Crippen LogP contribution in [0.1, 0.15) is 12.8 Å². The molecule has 0 spiro atoms. The second kappa shape index (κ2) is 9.08.